The topological polar surface area (TPSA) is 52.9 Å². The lowest BCUT2D eigenvalue weighted by molar-refractivity contribution is -0.200. The van der Waals surface area contributed by atoms with Crippen molar-refractivity contribution in [3.63, 3.8) is 0 Å². The van der Waals surface area contributed by atoms with Crippen molar-refractivity contribution in [3.8, 4) is 0 Å². The Hall–Kier alpha value is -0.160. The zero-order chi connectivity index (χ0) is 11.4. The Bertz CT molecular complexity index is 192. The lowest BCUT2D eigenvalue weighted by Gasteiger charge is -2.46. The van der Waals surface area contributed by atoms with Gasteiger partial charge in [-0.05, 0) is 12.8 Å². The van der Waals surface area contributed by atoms with E-state index < -0.39 is 5.72 Å². The quantitative estimate of drug-likeness (QED) is 0.743. The average molecular weight is 229 g/mol. The molecule has 0 aromatic heterocycles. The number of aliphatic hydroxyl groups excluding tert-OH is 1. The van der Waals surface area contributed by atoms with Crippen LogP contribution in [0.15, 0.2) is 0 Å². The monoisotopic (exact) mass is 229 g/mol. The molecule has 16 heavy (non-hydrogen) atoms. The molecule has 94 valence electrons. The van der Waals surface area contributed by atoms with Crippen molar-refractivity contribution < 1.29 is 14.9 Å². The SMILES string of the molecule is OCC(O)(C1CCCCC1)N1CCOCC1. The molecule has 0 spiro atoms. The maximum absolute atomic E-state index is 10.7. The fourth-order valence-electron chi connectivity index (χ4n) is 3.00. The first-order valence-electron chi connectivity index (χ1n) is 6.43. The molecule has 0 radical (unpaired) electrons. The summed E-state index contributed by atoms with van der Waals surface area (Å²) in [5, 5.41) is 20.2. The zero-order valence-electron chi connectivity index (χ0n) is 9.90. The van der Waals surface area contributed by atoms with Gasteiger partial charge in [0, 0.05) is 19.0 Å². The van der Waals surface area contributed by atoms with E-state index in [1.54, 1.807) is 0 Å². The molecule has 2 rings (SSSR count). The highest BCUT2D eigenvalue weighted by Crippen LogP contribution is 2.35. The standard InChI is InChI=1S/C12H23NO3/c14-10-12(15,11-4-2-1-3-5-11)13-6-8-16-9-7-13/h11,14-15H,1-10H2. The van der Waals surface area contributed by atoms with Crippen molar-refractivity contribution in [2.75, 3.05) is 32.9 Å². The number of nitrogens with zero attached hydrogens (tertiary/aromatic N) is 1. The molecule has 1 saturated carbocycles. The van der Waals surface area contributed by atoms with Gasteiger partial charge in [-0.3, -0.25) is 4.90 Å². The van der Waals surface area contributed by atoms with Crippen molar-refractivity contribution >= 4 is 0 Å². The van der Waals surface area contributed by atoms with Gasteiger partial charge in [-0.15, -0.1) is 0 Å². The molecule has 0 aromatic carbocycles. The van der Waals surface area contributed by atoms with Crippen molar-refractivity contribution in [1.29, 1.82) is 0 Å². The third-order valence-corrected chi connectivity index (χ3v) is 4.05. The molecule has 4 heteroatoms. The smallest absolute Gasteiger partial charge is 0.144 e. The van der Waals surface area contributed by atoms with E-state index in [-0.39, 0.29) is 12.5 Å². The summed E-state index contributed by atoms with van der Waals surface area (Å²) in [5.74, 6) is 0.226. The number of aliphatic hydroxyl groups is 2. The maximum Gasteiger partial charge on any atom is 0.144 e. The van der Waals surface area contributed by atoms with Crippen LogP contribution < -0.4 is 0 Å². The van der Waals surface area contributed by atoms with Gasteiger partial charge in [-0.1, -0.05) is 19.3 Å². The van der Waals surface area contributed by atoms with E-state index in [2.05, 4.69) is 0 Å². The Kier molecular flexibility index (Phi) is 4.19. The van der Waals surface area contributed by atoms with E-state index in [9.17, 15) is 10.2 Å². The van der Waals surface area contributed by atoms with Gasteiger partial charge in [0.2, 0.25) is 0 Å². The van der Waals surface area contributed by atoms with E-state index >= 15 is 0 Å². The highest BCUT2D eigenvalue weighted by Gasteiger charge is 2.42. The Morgan fingerprint density at radius 1 is 1.12 bits per heavy atom. The second-order valence-electron chi connectivity index (χ2n) is 4.97. The first-order chi connectivity index (χ1) is 7.77. The summed E-state index contributed by atoms with van der Waals surface area (Å²) in [6.45, 7) is 2.63. The number of rotatable bonds is 3. The largest absolute Gasteiger partial charge is 0.392 e. The van der Waals surface area contributed by atoms with Crippen LogP contribution in [0.5, 0.6) is 0 Å². The second-order valence-corrected chi connectivity index (χ2v) is 4.97. The number of hydrogen-bond acceptors (Lipinski definition) is 4. The summed E-state index contributed by atoms with van der Waals surface area (Å²) >= 11 is 0. The van der Waals surface area contributed by atoms with Gasteiger partial charge in [0.05, 0.1) is 19.8 Å². The fourth-order valence-corrected chi connectivity index (χ4v) is 3.00. The normalized spacial score (nSPS) is 28.9. The molecule has 1 atom stereocenters. The van der Waals surface area contributed by atoms with Crippen LogP contribution in [-0.2, 0) is 4.74 Å². The van der Waals surface area contributed by atoms with Gasteiger partial charge < -0.3 is 14.9 Å². The summed E-state index contributed by atoms with van der Waals surface area (Å²) in [5.41, 5.74) is -1.01. The number of morpholine rings is 1. The van der Waals surface area contributed by atoms with Gasteiger partial charge in [-0.2, -0.15) is 0 Å². The summed E-state index contributed by atoms with van der Waals surface area (Å²) in [7, 11) is 0. The molecule has 2 aliphatic rings. The van der Waals surface area contributed by atoms with E-state index in [0.29, 0.717) is 13.2 Å². The van der Waals surface area contributed by atoms with Crippen LogP contribution in [-0.4, -0.2) is 53.7 Å². The molecule has 0 bridgehead atoms. The average Bonchev–Trinajstić information content (AvgIpc) is 2.40. The fraction of sp³-hybridized carbons (Fsp3) is 1.00. The van der Waals surface area contributed by atoms with Gasteiger partial charge >= 0.3 is 0 Å². The van der Waals surface area contributed by atoms with Gasteiger partial charge in [0.15, 0.2) is 0 Å². The van der Waals surface area contributed by atoms with E-state index in [4.69, 9.17) is 4.74 Å². The van der Waals surface area contributed by atoms with E-state index in [1.807, 2.05) is 4.90 Å². The zero-order valence-corrected chi connectivity index (χ0v) is 9.90. The molecule has 1 saturated heterocycles. The summed E-state index contributed by atoms with van der Waals surface area (Å²) in [4.78, 5) is 2.01. The summed E-state index contributed by atoms with van der Waals surface area (Å²) < 4.78 is 5.29. The van der Waals surface area contributed by atoms with Crippen LogP contribution in [0, 0.1) is 5.92 Å². The lowest BCUT2D eigenvalue weighted by atomic mass is 9.81. The molecular formula is C12H23NO3. The molecule has 2 fully saturated rings. The Balaban J connectivity index is 2.03. The minimum absolute atomic E-state index is 0.155. The molecule has 1 aliphatic carbocycles. The third-order valence-electron chi connectivity index (χ3n) is 4.05. The summed E-state index contributed by atoms with van der Waals surface area (Å²) in [6, 6.07) is 0. The minimum atomic E-state index is -1.01. The molecular weight excluding hydrogens is 206 g/mol. The minimum Gasteiger partial charge on any atom is -0.392 e. The molecule has 2 N–H and O–H groups in total. The third kappa shape index (κ3) is 2.40. The van der Waals surface area contributed by atoms with Crippen LogP contribution in [0.25, 0.3) is 0 Å². The summed E-state index contributed by atoms with van der Waals surface area (Å²) in [6.07, 6.45) is 5.69. The molecule has 0 aromatic rings. The van der Waals surface area contributed by atoms with E-state index in [0.717, 1.165) is 25.9 Å². The molecule has 1 aliphatic heterocycles. The highest BCUT2D eigenvalue weighted by molar-refractivity contribution is 4.89. The molecule has 0 amide bonds. The van der Waals surface area contributed by atoms with Crippen LogP contribution in [0.2, 0.25) is 0 Å². The van der Waals surface area contributed by atoms with Gasteiger partial charge in [0.1, 0.15) is 5.72 Å². The lowest BCUT2D eigenvalue weighted by Crippen LogP contribution is -2.60. The molecule has 1 unspecified atom stereocenters. The van der Waals surface area contributed by atoms with Crippen molar-refractivity contribution in [1.82, 2.24) is 4.90 Å². The molecule has 4 nitrogen and oxygen atoms in total. The van der Waals surface area contributed by atoms with E-state index in [1.165, 1.54) is 19.3 Å². The Labute approximate surface area is 97.2 Å². The van der Waals surface area contributed by atoms with Crippen molar-refractivity contribution in [3.05, 3.63) is 0 Å². The molecule has 1 heterocycles. The highest BCUT2D eigenvalue weighted by atomic mass is 16.5. The van der Waals surface area contributed by atoms with Crippen LogP contribution in [0.1, 0.15) is 32.1 Å². The van der Waals surface area contributed by atoms with Gasteiger partial charge in [0.25, 0.3) is 0 Å². The number of ether oxygens (including phenoxy) is 1. The van der Waals surface area contributed by atoms with Crippen LogP contribution in [0.3, 0.4) is 0 Å². The maximum atomic E-state index is 10.7. The van der Waals surface area contributed by atoms with Gasteiger partial charge in [-0.25, -0.2) is 0 Å². The first-order valence-corrected chi connectivity index (χ1v) is 6.43. The second kappa shape index (κ2) is 5.45. The predicted octanol–water partition coefficient (Wildman–Crippen LogP) is 0.580. The predicted molar refractivity (Wildman–Crippen MR) is 61.0 cm³/mol. The van der Waals surface area contributed by atoms with Crippen LogP contribution >= 0.6 is 0 Å². The van der Waals surface area contributed by atoms with Crippen molar-refractivity contribution in [2.24, 2.45) is 5.92 Å². The first kappa shape index (κ1) is 12.3. The number of hydrogen-bond donors (Lipinski definition) is 2. The Morgan fingerprint density at radius 2 is 1.75 bits per heavy atom. The van der Waals surface area contributed by atoms with Crippen LogP contribution in [0.4, 0.5) is 0 Å². The Morgan fingerprint density at radius 3 is 2.31 bits per heavy atom. The van der Waals surface area contributed by atoms with Crippen molar-refractivity contribution in [2.45, 2.75) is 37.8 Å².